The predicted molar refractivity (Wildman–Crippen MR) is 80.3 cm³/mol. The molecule has 3 heteroatoms. The van der Waals surface area contributed by atoms with Gasteiger partial charge >= 0.3 is 0 Å². The van der Waals surface area contributed by atoms with Crippen LogP contribution < -0.4 is 5.73 Å². The summed E-state index contributed by atoms with van der Waals surface area (Å²) in [7, 11) is 2.22. The van der Waals surface area contributed by atoms with Gasteiger partial charge in [0.1, 0.15) is 5.84 Å². The van der Waals surface area contributed by atoms with Crippen molar-refractivity contribution >= 4 is 5.84 Å². The highest BCUT2D eigenvalue weighted by Crippen LogP contribution is 2.27. The Morgan fingerprint density at radius 1 is 1.21 bits per heavy atom. The van der Waals surface area contributed by atoms with Gasteiger partial charge in [0.05, 0.1) is 0 Å². The van der Waals surface area contributed by atoms with Gasteiger partial charge in [-0.25, -0.2) is 0 Å². The van der Waals surface area contributed by atoms with Crippen LogP contribution >= 0.6 is 0 Å². The van der Waals surface area contributed by atoms with Crippen molar-refractivity contribution in [1.29, 1.82) is 5.41 Å². The first-order valence-corrected chi connectivity index (χ1v) is 7.20. The van der Waals surface area contributed by atoms with Gasteiger partial charge in [0.2, 0.25) is 0 Å². The van der Waals surface area contributed by atoms with Crippen molar-refractivity contribution in [3.8, 4) is 0 Å². The zero-order valence-corrected chi connectivity index (χ0v) is 12.0. The summed E-state index contributed by atoms with van der Waals surface area (Å²) in [5, 5.41) is 7.39. The van der Waals surface area contributed by atoms with E-state index < -0.39 is 0 Å². The first-order valence-electron chi connectivity index (χ1n) is 7.20. The van der Waals surface area contributed by atoms with E-state index in [0.717, 1.165) is 24.1 Å². The van der Waals surface area contributed by atoms with Crippen molar-refractivity contribution < 1.29 is 0 Å². The molecule has 1 saturated carbocycles. The first-order chi connectivity index (χ1) is 9.06. The molecule has 0 saturated heterocycles. The van der Waals surface area contributed by atoms with E-state index in [2.05, 4.69) is 31.0 Å². The van der Waals surface area contributed by atoms with Crippen molar-refractivity contribution in [2.75, 3.05) is 7.05 Å². The van der Waals surface area contributed by atoms with Crippen molar-refractivity contribution in [3.05, 3.63) is 35.4 Å². The summed E-state index contributed by atoms with van der Waals surface area (Å²) < 4.78 is 0. The van der Waals surface area contributed by atoms with E-state index in [1.807, 2.05) is 12.1 Å². The van der Waals surface area contributed by atoms with Crippen LogP contribution in [-0.4, -0.2) is 23.8 Å². The molecule has 3 nitrogen and oxygen atoms in total. The maximum absolute atomic E-state index is 7.39. The number of nitrogens with zero attached hydrogens (tertiary/aromatic N) is 1. The molecule has 0 aromatic heterocycles. The molecule has 1 aliphatic rings. The molecule has 1 aromatic rings. The van der Waals surface area contributed by atoms with E-state index in [-0.39, 0.29) is 5.84 Å². The highest BCUT2D eigenvalue weighted by atomic mass is 15.1. The molecular weight excluding hydrogens is 234 g/mol. The zero-order valence-electron chi connectivity index (χ0n) is 12.0. The lowest BCUT2D eigenvalue weighted by molar-refractivity contribution is 0.164. The lowest BCUT2D eigenvalue weighted by Crippen LogP contribution is -2.34. The normalized spacial score (nSPS) is 23.5. The quantitative estimate of drug-likeness (QED) is 0.645. The Morgan fingerprint density at radius 2 is 1.79 bits per heavy atom. The molecule has 2 rings (SSSR count). The number of nitrogen functional groups attached to an aromatic ring is 1. The summed E-state index contributed by atoms with van der Waals surface area (Å²) in [5.74, 6) is 1.04. The standard InChI is InChI=1S/C16H25N3/c1-12-3-9-15(10-4-12)19(2)11-13-5-7-14(8-6-13)16(17)18/h5-8,12,15H,3-4,9-11H2,1-2H3,(H3,17,18). The van der Waals surface area contributed by atoms with Gasteiger partial charge in [-0.2, -0.15) is 0 Å². The number of benzene rings is 1. The van der Waals surface area contributed by atoms with E-state index in [1.165, 1.54) is 31.2 Å². The van der Waals surface area contributed by atoms with E-state index in [4.69, 9.17) is 11.1 Å². The van der Waals surface area contributed by atoms with E-state index >= 15 is 0 Å². The Bertz CT molecular complexity index is 416. The second kappa shape index (κ2) is 6.20. The van der Waals surface area contributed by atoms with E-state index in [9.17, 15) is 0 Å². The Balaban J connectivity index is 1.91. The second-order valence-corrected chi connectivity index (χ2v) is 5.94. The summed E-state index contributed by atoms with van der Waals surface area (Å²) in [4.78, 5) is 2.47. The summed E-state index contributed by atoms with van der Waals surface area (Å²) in [6, 6.07) is 8.77. The van der Waals surface area contributed by atoms with E-state index in [0.29, 0.717) is 0 Å². The van der Waals surface area contributed by atoms with E-state index in [1.54, 1.807) is 0 Å². The monoisotopic (exact) mass is 259 g/mol. The Hall–Kier alpha value is -1.35. The molecule has 0 atom stereocenters. The molecule has 0 spiro atoms. The predicted octanol–water partition coefficient (Wildman–Crippen LogP) is 2.98. The van der Waals surface area contributed by atoms with Gasteiger partial charge < -0.3 is 5.73 Å². The number of rotatable bonds is 4. The summed E-state index contributed by atoms with van der Waals surface area (Å²) in [6.45, 7) is 3.34. The number of nitrogens with two attached hydrogens (primary N) is 1. The molecule has 3 N–H and O–H groups in total. The first kappa shape index (κ1) is 14.1. The van der Waals surface area contributed by atoms with Crippen LogP contribution in [0.1, 0.15) is 43.7 Å². The largest absolute Gasteiger partial charge is 0.384 e. The third-order valence-corrected chi connectivity index (χ3v) is 4.31. The Morgan fingerprint density at radius 3 is 2.32 bits per heavy atom. The molecule has 0 amide bonds. The highest BCUT2D eigenvalue weighted by Gasteiger charge is 2.21. The number of amidine groups is 1. The van der Waals surface area contributed by atoms with Crippen LogP contribution in [0.25, 0.3) is 0 Å². The van der Waals surface area contributed by atoms with Crippen LogP contribution in [0.3, 0.4) is 0 Å². The SMILES string of the molecule is CC1CCC(N(C)Cc2ccc(C(=N)N)cc2)CC1. The minimum atomic E-state index is 0.140. The number of hydrogen-bond donors (Lipinski definition) is 2. The molecule has 104 valence electrons. The summed E-state index contributed by atoms with van der Waals surface area (Å²) >= 11 is 0. The molecule has 0 unspecified atom stereocenters. The van der Waals surface area contributed by atoms with Gasteiger partial charge in [-0.15, -0.1) is 0 Å². The fourth-order valence-electron chi connectivity index (χ4n) is 2.89. The Kier molecular flexibility index (Phi) is 4.59. The van der Waals surface area contributed by atoms with Gasteiger partial charge in [0.15, 0.2) is 0 Å². The van der Waals surface area contributed by atoms with Gasteiger partial charge in [-0.05, 0) is 44.2 Å². The highest BCUT2D eigenvalue weighted by molar-refractivity contribution is 5.94. The average molecular weight is 259 g/mol. The van der Waals surface area contributed by atoms with Gasteiger partial charge in [-0.1, -0.05) is 31.2 Å². The van der Waals surface area contributed by atoms with Crippen molar-refractivity contribution in [3.63, 3.8) is 0 Å². The fourth-order valence-corrected chi connectivity index (χ4v) is 2.89. The topological polar surface area (TPSA) is 53.1 Å². The maximum atomic E-state index is 7.39. The van der Waals surface area contributed by atoms with Crippen LogP contribution in [0.2, 0.25) is 0 Å². The van der Waals surface area contributed by atoms with Crippen LogP contribution in [-0.2, 0) is 6.54 Å². The third-order valence-electron chi connectivity index (χ3n) is 4.31. The average Bonchev–Trinajstić information content (AvgIpc) is 2.40. The minimum absolute atomic E-state index is 0.140. The third kappa shape index (κ3) is 3.80. The zero-order chi connectivity index (χ0) is 13.8. The number of nitrogens with one attached hydrogen (secondary N) is 1. The summed E-state index contributed by atoms with van der Waals surface area (Å²) in [6.07, 6.45) is 5.36. The van der Waals surface area contributed by atoms with Gasteiger partial charge in [0, 0.05) is 18.2 Å². The fraction of sp³-hybridized carbons (Fsp3) is 0.562. The van der Waals surface area contributed by atoms with Gasteiger partial charge in [-0.3, -0.25) is 10.3 Å². The molecule has 19 heavy (non-hydrogen) atoms. The van der Waals surface area contributed by atoms with Crippen LogP contribution in [0.4, 0.5) is 0 Å². The molecule has 1 aromatic carbocycles. The van der Waals surface area contributed by atoms with Crippen molar-refractivity contribution in [1.82, 2.24) is 4.90 Å². The molecule has 0 aliphatic heterocycles. The van der Waals surface area contributed by atoms with Crippen LogP contribution in [0.15, 0.2) is 24.3 Å². The number of hydrogen-bond acceptors (Lipinski definition) is 2. The molecule has 0 radical (unpaired) electrons. The molecular formula is C16H25N3. The molecule has 0 heterocycles. The maximum Gasteiger partial charge on any atom is 0.122 e. The van der Waals surface area contributed by atoms with Crippen molar-refractivity contribution in [2.24, 2.45) is 11.7 Å². The molecule has 1 aliphatic carbocycles. The second-order valence-electron chi connectivity index (χ2n) is 5.94. The van der Waals surface area contributed by atoms with Gasteiger partial charge in [0.25, 0.3) is 0 Å². The smallest absolute Gasteiger partial charge is 0.122 e. The molecule has 1 fully saturated rings. The Labute approximate surface area is 116 Å². The lowest BCUT2D eigenvalue weighted by atomic mass is 9.86. The van der Waals surface area contributed by atoms with Crippen LogP contribution in [0, 0.1) is 11.3 Å². The van der Waals surface area contributed by atoms with Crippen LogP contribution in [0.5, 0.6) is 0 Å². The lowest BCUT2D eigenvalue weighted by Gasteiger charge is -2.33. The molecule has 0 bridgehead atoms. The van der Waals surface area contributed by atoms with Crippen molar-refractivity contribution in [2.45, 2.75) is 45.2 Å². The minimum Gasteiger partial charge on any atom is -0.384 e. The summed E-state index contributed by atoms with van der Waals surface area (Å²) in [5.41, 5.74) is 7.57.